The third-order valence-electron chi connectivity index (χ3n) is 6.45. The van der Waals surface area contributed by atoms with Gasteiger partial charge < -0.3 is 15.2 Å². The van der Waals surface area contributed by atoms with Crippen LogP contribution in [0.4, 0.5) is 10.1 Å². The molecule has 1 saturated heterocycles. The van der Waals surface area contributed by atoms with Gasteiger partial charge in [0.2, 0.25) is 11.8 Å². The van der Waals surface area contributed by atoms with Crippen LogP contribution in [0, 0.1) is 5.82 Å². The summed E-state index contributed by atoms with van der Waals surface area (Å²) in [6.07, 6.45) is 3.92. The number of anilines is 1. The number of primary amides is 1. The molecule has 1 aliphatic rings. The van der Waals surface area contributed by atoms with Crippen molar-refractivity contribution < 1.29 is 22.4 Å². The Bertz CT molecular complexity index is 1630. The van der Waals surface area contributed by atoms with Crippen LogP contribution in [0.15, 0.2) is 71.9 Å². The quantitative estimate of drug-likeness (QED) is 0.443. The Kier molecular flexibility index (Phi) is 5.83. The fourth-order valence-electron chi connectivity index (χ4n) is 4.71. The van der Waals surface area contributed by atoms with Gasteiger partial charge in [0.25, 0.3) is 0 Å². The smallest absolute Gasteiger partial charge is 0.250 e. The van der Waals surface area contributed by atoms with Gasteiger partial charge in [-0.1, -0.05) is 18.2 Å². The molecule has 1 aromatic heterocycles. The first-order chi connectivity index (χ1) is 17.1. The molecule has 5 rings (SSSR count). The molecule has 8 nitrogen and oxygen atoms in total. The number of imidazole rings is 1. The number of halogens is 1. The molecule has 3 aromatic carbocycles. The largest absolute Gasteiger partial charge is 0.366 e. The molecule has 1 unspecified atom stereocenters. The van der Waals surface area contributed by atoms with E-state index in [1.807, 2.05) is 0 Å². The van der Waals surface area contributed by atoms with Gasteiger partial charge in [0.1, 0.15) is 11.9 Å². The topological polar surface area (TPSA) is 115 Å². The van der Waals surface area contributed by atoms with Crippen LogP contribution < -0.4 is 10.6 Å². The second-order valence-electron chi connectivity index (χ2n) is 8.80. The van der Waals surface area contributed by atoms with E-state index < -0.39 is 27.6 Å². The normalized spacial score (nSPS) is 16.4. The summed E-state index contributed by atoms with van der Waals surface area (Å²) in [7, 11) is -3.56. The number of aromatic nitrogens is 2. The highest BCUT2D eigenvalue weighted by Gasteiger charge is 2.32. The number of hydrogen-bond donors (Lipinski definition) is 1. The first kappa shape index (κ1) is 23.7. The fourth-order valence-corrected chi connectivity index (χ4v) is 5.61. The number of amides is 2. The lowest BCUT2D eigenvalue weighted by atomic mass is 10.0. The van der Waals surface area contributed by atoms with E-state index in [2.05, 4.69) is 4.98 Å². The van der Waals surface area contributed by atoms with Crippen LogP contribution in [0.3, 0.4) is 0 Å². The molecule has 4 aromatic rings. The number of rotatable bonds is 5. The number of carbonyl (C=O) groups excluding carboxylic acids is 2. The van der Waals surface area contributed by atoms with Crippen molar-refractivity contribution >= 4 is 38.4 Å². The highest BCUT2D eigenvalue weighted by molar-refractivity contribution is 7.90. The number of fused-ring (bicyclic) bond motifs is 1. The molecule has 0 radical (unpaired) electrons. The number of piperidine rings is 1. The third-order valence-corrected chi connectivity index (χ3v) is 7.60. The average molecular weight is 507 g/mol. The first-order valence-corrected chi connectivity index (χ1v) is 13.2. The molecule has 36 heavy (non-hydrogen) atoms. The first-order valence-electron chi connectivity index (χ1n) is 11.3. The van der Waals surface area contributed by atoms with Crippen LogP contribution in [0.5, 0.6) is 0 Å². The molecule has 0 bridgehead atoms. The Morgan fingerprint density at radius 3 is 2.58 bits per heavy atom. The maximum atomic E-state index is 15.3. The summed E-state index contributed by atoms with van der Waals surface area (Å²) in [4.78, 5) is 30.9. The predicted molar refractivity (Wildman–Crippen MR) is 134 cm³/mol. The standard InChI is InChI=1S/C26H23FN4O4S/c1-36(34,35)24-7-3-2-5-19(24)18-10-9-17(14-20(18)27)30-12-4-6-23(26(30)33)31-15-29-21-13-16(25(28)32)8-11-22(21)31/h2-3,5,7-11,13-15,23H,4,6,12H2,1H3,(H2,28,32). The summed E-state index contributed by atoms with van der Waals surface area (Å²) in [5, 5.41) is 0. The lowest BCUT2D eigenvalue weighted by Gasteiger charge is -2.33. The molecule has 0 saturated carbocycles. The van der Waals surface area contributed by atoms with Crippen LogP contribution in [0.2, 0.25) is 0 Å². The zero-order valence-corrected chi connectivity index (χ0v) is 20.2. The number of nitrogens with two attached hydrogens (primary N) is 1. The summed E-state index contributed by atoms with van der Waals surface area (Å²) < 4.78 is 41.4. The van der Waals surface area contributed by atoms with Crippen molar-refractivity contribution in [3.63, 3.8) is 0 Å². The van der Waals surface area contributed by atoms with E-state index in [0.717, 1.165) is 6.26 Å². The number of nitrogens with zero attached hydrogens (tertiary/aromatic N) is 3. The van der Waals surface area contributed by atoms with E-state index in [4.69, 9.17) is 5.73 Å². The third kappa shape index (κ3) is 4.13. The summed E-state index contributed by atoms with van der Waals surface area (Å²) in [6, 6.07) is 15.0. The van der Waals surface area contributed by atoms with Gasteiger partial charge in [-0.05, 0) is 55.3 Å². The molecule has 1 aliphatic heterocycles. The monoisotopic (exact) mass is 506 g/mol. The molecule has 2 amide bonds. The van der Waals surface area contributed by atoms with E-state index in [0.29, 0.717) is 41.7 Å². The van der Waals surface area contributed by atoms with E-state index in [1.165, 1.54) is 23.1 Å². The number of sulfone groups is 1. The van der Waals surface area contributed by atoms with Crippen LogP contribution in [0.1, 0.15) is 29.2 Å². The minimum atomic E-state index is -3.56. The van der Waals surface area contributed by atoms with Gasteiger partial charge in [0, 0.05) is 35.2 Å². The van der Waals surface area contributed by atoms with Crippen molar-refractivity contribution in [3.05, 3.63) is 78.4 Å². The SMILES string of the molecule is CS(=O)(=O)c1ccccc1-c1ccc(N2CCCC(n3cnc4cc(C(N)=O)ccc43)C2=O)cc1F. The van der Waals surface area contributed by atoms with Crippen molar-refractivity contribution in [1.82, 2.24) is 9.55 Å². The van der Waals surface area contributed by atoms with E-state index in [9.17, 15) is 18.0 Å². The minimum absolute atomic E-state index is 0.0391. The molecule has 2 N–H and O–H groups in total. The van der Waals surface area contributed by atoms with E-state index in [1.54, 1.807) is 53.4 Å². The Hall–Kier alpha value is -4.05. The van der Waals surface area contributed by atoms with Gasteiger partial charge >= 0.3 is 0 Å². The Balaban J connectivity index is 1.48. The lowest BCUT2D eigenvalue weighted by Crippen LogP contribution is -2.42. The summed E-state index contributed by atoms with van der Waals surface area (Å²) in [6.45, 7) is 0.423. The molecular weight excluding hydrogens is 483 g/mol. The molecule has 184 valence electrons. The lowest BCUT2D eigenvalue weighted by molar-refractivity contribution is -0.122. The Morgan fingerprint density at radius 1 is 1.08 bits per heavy atom. The van der Waals surface area contributed by atoms with Gasteiger partial charge in [-0.2, -0.15) is 0 Å². The minimum Gasteiger partial charge on any atom is -0.366 e. The molecular formula is C26H23FN4O4S. The van der Waals surface area contributed by atoms with Gasteiger partial charge in [-0.15, -0.1) is 0 Å². The van der Waals surface area contributed by atoms with Crippen molar-refractivity contribution in [2.75, 3.05) is 17.7 Å². The summed E-state index contributed by atoms with van der Waals surface area (Å²) in [5.41, 5.74) is 7.74. The maximum Gasteiger partial charge on any atom is 0.250 e. The van der Waals surface area contributed by atoms with Crippen molar-refractivity contribution in [1.29, 1.82) is 0 Å². The molecule has 1 atom stereocenters. The van der Waals surface area contributed by atoms with Gasteiger partial charge in [0.05, 0.1) is 22.3 Å². The van der Waals surface area contributed by atoms with Crippen LogP contribution in [-0.4, -0.2) is 42.6 Å². The average Bonchev–Trinajstić information content (AvgIpc) is 3.27. The maximum absolute atomic E-state index is 15.3. The molecule has 1 fully saturated rings. The van der Waals surface area contributed by atoms with E-state index in [-0.39, 0.29) is 21.9 Å². The van der Waals surface area contributed by atoms with Crippen molar-refractivity contribution in [3.8, 4) is 11.1 Å². The second-order valence-corrected chi connectivity index (χ2v) is 10.8. The highest BCUT2D eigenvalue weighted by Crippen LogP contribution is 2.34. The molecule has 0 spiro atoms. The predicted octanol–water partition coefficient (Wildman–Crippen LogP) is 3.71. The summed E-state index contributed by atoms with van der Waals surface area (Å²) in [5.74, 6) is -1.38. The second kappa shape index (κ2) is 8.87. The van der Waals surface area contributed by atoms with Gasteiger partial charge in [-0.25, -0.2) is 17.8 Å². The Morgan fingerprint density at radius 2 is 1.86 bits per heavy atom. The van der Waals surface area contributed by atoms with Crippen LogP contribution >= 0.6 is 0 Å². The fraction of sp³-hybridized carbons (Fsp3) is 0.192. The number of benzene rings is 3. The van der Waals surface area contributed by atoms with Gasteiger partial charge in [-0.3, -0.25) is 9.59 Å². The van der Waals surface area contributed by atoms with E-state index >= 15 is 4.39 Å². The van der Waals surface area contributed by atoms with Gasteiger partial charge in [0.15, 0.2) is 9.84 Å². The zero-order chi connectivity index (χ0) is 25.6. The summed E-state index contributed by atoms with van der Waals surface area (Å²) >= 11 is 0. The molecule has 2 heterocycles. The number of carbonyl (C=O) groups is 2. The Labute approximate surface area is 207 Å². The van der Waals surface area contributed by atoms with Crippen molar-refractivity contribution in [2.24, 2.45) is 5.73 Å². The zero-order valence-electron chi connectivity index (χ0n) is 19.4. The highest BCUT2D eigenvalue weighted by atomic mass is 32.2. The molecule has 10 heteroatoms. The molecule has 0 aliphatic carbocycles. The van der Waals surface area contributed by atoms with Crippen molar-refractivity contribution in [2.45, 2.75) is 23.8 Å². The van der Waals surface area contributed by atoms with Crippen LogP contribution in [0.25, 0.3) is 22.2 Å². The van der Waals surface area contributed by atoms with Crippen LogP contribution in [-0.2, 0) is 14.6 Å². The number of hydrogen-bond acceptors (Lipinski definition) is 5.